The van der Waals surface area contributed by atoms with Gasteiger partial charge >= 0.3 is 17.9 Å². The van der Waals surface area contributed by atoms with Crippen LogP contribution in [-0.2, 0) is 28.6 Å². The molecule has 11 heteroatoms. The fourth-order valence-electron chi connectivity index (χ4n) is 3.24. The van der Waals surface area contributed by atoms with Crippen LogP contribution in [0, 0.1) is 0 Å². The Hall–Kier alpha value is -3.34. The molecule has 176 valence electrons. The molecule has 0 aliphatic carbocycles. The molecule has 1 aliphatic rings. The number of rotatable bonds is 7. The second-order valence-corrected chi connectivity index (χ2v) is 8.24. The fourth-order valence-corrected chi connectivity index (χ4v) is 4.45. The van der Waals surface area contributed by atoms with Crippen molar-refractivity contribution in [2.45, 2.75) is 44.5 Å². The highest BCUT2D eigenvalue weighted by molar-refractivity contribution is 7.99. The molecule has 1 fully saturated rings. The molecule has 0 aromatic carbocycles. The van der Waals surface area contributed by atoms with Crippen molar-refractivity contribution in [1.82, 2.24) is 9.97 Å². The number of ether oxygens (including phenoxy) is 5. The van der Waals surface area contributed by atoms with Gasteiger partial charge in [0.2, 0.25) is 0 Å². The minimum atomic E-state index is -1.02. The molecule has 0 spiro atoms. The lowest BCUT2D eigenvalue weighted by Crippen LogP contribution is -2.55. The number of pyridine rings is 2. The lowest BCUT2D eigenvalue weighted by molar-refractivity contribution is -0.186. The molecular weight excluding hydrogens is 452 g/mol. The number of esters is 3. The Labute approximate surface area is 194 Å². The summed E-state index contributed by atoms with van der Waals surface area (Å²) in [6, 6.07) is 5.28. The zero-order chi connectivity index (χ0) is 24.0. The highest BCUT2D eigenvalue weighted by Crippen LogP contribution is 2.34. The van der Waals surface area contributed by atoms with Crippen LogP contribution in [0.3, 0.4) is 0 Å². The molecule has 1 aliphatic heterocycles. The molecule has 0 saturated carbocycles. The Bertz CT molecular complexity index is 1000. The Morgan fingerprint density at radius 1 is 0.909 bits per heavy atom. The Morgan fingerprint density at radius 3 is 2.21 bits per heavy atom. The molecule has 0 radical (unpaired) electrons. The van der Waals surface area contributed by atoms with Crippen LogP contribution in [0.25, 0.3) is 11.3 Å². The predicted octanol–water partition coefficient (Wildman–Crippen LogP) is 2.40. The molecule has 2 aromatic heterocycles. The summed E-state index contributed by atoms with van der Waals surface area (Å²) in [4.78, 5) is 43.5. The maximum Gasteiger partial charge on any atom is 0.303 e. The molecule has 0 bridgehead atoms. The van der Waals surface area contributed by atoms with E-state index >= 15 is 0 Å². The number of hydrogen-bond acceptors (Lipinski definition) is 11. The predicted molar refractivity (Wildman–Crippen MR) is 118 cm³/mol. The molecule has 10 nitrogen and oxygen atoms in total. The third-order valence-corrected chi connectivity index (χ3v) is 5.75. The van der Waals surface area contributed by atoms with Crippen molar-refractivity contribution in [3.63, 3.8) is 0 Å². The van der Waals surface area contributed by atoms with Gasteiger partial charge in [0.1, 0.15) is 11.5 Å². The van der Waals surface area contributed by atoms with Crippen molar-refractivity contribution < 1.29 is 38.1 Å². The van der Waals surface area contributed by atoms with Crippen LogP contribution >= 0.6 is 11.8 Å². The third-order valence-electron chi connectivity index (χ3n) is 4.54. The lowest BCUT2D eigenvalue weighted by atomic mass is 10.1. The number of thioether (sulfide) groups is 1. The van der Waals surface area contributed by atoms with Gasteiger partial charge in [0, 0.05) is 38.3 Å². The van der Waals surface area contributed by atoms with Gasteiger partial charge in [0.15, 0.2) is 23.7 Å². The Kier molecular flexibility index (Phi) is 8.10. The average molecular weight is 477 g/mol. The number of nitrogens with zero attached hydrogens (tertiary/aromatic N) is 2. The van der Waals surface area contributed by atoms with E-state index in [0.29, 0.717) is 17.2 Å². The van der Waals surface area contributed by atoms with E-state index in [-0.39, 0.29) is 5.75 Å². The van der Waals surface area contributed by atoms with Gasteiger partial charge in [-0.1, -0.05) is 0 Å². The van der Waals surface area contributed by atoms with Crippen molar-refractivity contribution in [3.8, 4) is 22.8 Å². The maximum atomic E-state index is 11.8. The quantitative estimate of drug-likeness (QED) is 0.432. The van der Waals surface area contributed by atoms with Gasteiger partial charge in [-0.05, 0) is 18.2 Å². The largest absolute Gasteiger partial charge is 0.495 e. The van der Waals surface area contributed by atoms with E-state index in [4.69, 9.17) is 23.7 Å². The maximum absolute atomic E-state index is 11.8. The lowest BCUT2D eigenvalue weighted by Gasteiger charge is -2.39. The molecule has 1 unspecified atom stereocenters. The fraction of sp³-hybridized carbons (Fsp3) is 0.409. The number of carbonyl (C=O) groups is 3. The van der Waals surface area contributed by atoms with Crippen molar-refractivity contribution in [2.24, 2.45) is 0 Å². The molecule has 4 atom stereocenters. The highest BCUT2D eigenvalue weighted by atomic mass is 32.2. The second-order valence-electron chi connectivity index (χ2n) is 7.11. The average Bonchev–Trinajstić information content (AvgIpc) is 2.77. The van der Waals surface area contributed by atoms with Gasteiger partial charge < -0.3 is 23.7 Å². The topological polar surface area (TPSA) is 123 Å². The van der Waals surface area contributed by atoms with E-state index in [1.807, 2.05) is 6.07 Å². The summed E-state index contributed by atoms with van der Waals surface area (Å²) in [6.45, 7) is 3.72. The summed E-state index contributed by atoms with van der Waals surface area (Å²) in [6.07, 6.45) is 1.98. The summed E-state index contributed by atoms with van der Waals surface area (Å²) in [5, 5.41) is 0. The van der Waals surface area contributed by atoms with Gasteiger partial charge in [-0.3, -0.25) is 24.4 Å². The van der Waals surface area contributed by atoms with Gasteiger partial charge in [-0.25, -0.2) is 0 Å². The van der Waals surface area contributed by atoms with Gasteiger partial charge in [-0.2, -0.15) is 0 Å². The monoisotopic (exact) mass is 476 g/mol. The highest BCUT2D eigenvalue weighted by Gasteiger charge is 2.47. The second kappa shape index (κ2) is 11.0. The molecule has 0 N–H and O–H groups in total. The summed E-state index contributed by atoms with van der Waals surface area (Å²) >= 11 is 1.27. The van der Waals surface area contributed by atoms with Crippen LogP contribution in [0.4, 0.5) is 0 Å². The summed E-state index contributed by atoms with van der Waals surface area (Å²) < 4.78 is 27.3. The van der Waals surface area contributed by atoms with Crippen molar-refractivity contribution in [1.29, 1.82) is 0 Å². The first-order chi connectivity index (χ1) is 15.8. The zero-order valence-electron chi connectivity index (χ0n) is 18.5. The molecule has 33 heavy (non-hydrogen) atoms. The van der Waals surface area contributed by atoms with Crippen LogP contribution in [0.1, 0.15) is 20.8 Å². The first-order valence-corrected chi connectivity index (χ1v) is 11.1. The smallest absolute Gasteiger partial charge is 0.303 e. The minimum absolute atomic E-state index is 0.279. The summed E-state index contributed by atoms with van der Waals surface area (Å²) in [7, 11) is 1.56. The third kappa shape index (κ3) is 6.58. The summed E-state index contributed by atoms with van der Waals surface area (Å²) in [5.74, 6) is -0.425. The normalized spacial score (nSPS) is 22.1. The SMILES string of the molecule is COc1cncc(-c2ccc(OC3SC[C@@H](OC(C)=O)[C@H](OC(C)=O)[C@H]3OC(C)=O)cn2)c1. The van der Waals surface area contributed by atoms with Crippen LogP contribution in [0.5, 0.6) is 11.5 Å². The van der Waals surface area contributed by atoms with Gasteiger partial charge in [0.05, 0.1) is 25.2 Å². The van der Waals surface area contributed by atoms with Crippen LogP contribution in [-0.4, -0.2) is 64.5 Å². The molecule has 0 amide bonds. The Morgan fingerprint density at radius 2 is 1.61 bits per heavy atom. The van der Waals surface area contributed by atoms with Gasteiger partial charge in [-0.15, -0.1) is 11.8 Å². The van der Waals surface area contributed by atoms with E-state index in [1.165, 1.54) is 38.7 Å². The zero-order valence-corrected chi connectivity index (χ0v) is 19.4. The van der Waals surface area contributed by atoms with E-state index in [9.17, 15) is 14.4 Å². The molecular formula is C22H24N2O8S. The van der Waals surface area contributed by atoms with Crippen LogP contribution < -0.4 is 9.47 Å². The number of carbonyl (C=O) groups excluding carboxylic acids is 3. The van der Waals surface area contributed by atoms with Crippen LogP contribution in [0.15, 0.2) is 36.8 Å². The molecule has 1 saturated heterocycles. The van der Waals surface area contributed by atoms with Gasteiger partial charge in [0.25, 0.3) is 0 Å². The Balaban J connectivity index is 1.80. The number of aromatic nitrogens is 2. The minimum Gasteiger partial charge on any atom is -0.495 e. The number of hydrogen-bond donors (Lipinski definition) is 0. The summed E-state index contributed by atoms with van der Waals surface area (Å²) in [5.41, 5.74) is 0.704. The van der Waals surface area contributed by atoms with Crippen molar-refractivity contribution >= 4 is 29.7 Å². The molecule has 3 heterocycles. The van der Waals surface area contributed by atoms with E-state index in [2.05, 4.69) is 9.97 Å². The molecule has 2 aromatic rings. The van der Waals surface area contributed by atoms with E-state index < -0.39 is 41.7 Å². The van der Waals surface area contributed by atoms with Crippen molar-refractivity contribution in [3.05, 3.63) is 36.8 Å². The first kappa shape index (κ1) is 24.3. The van der Waals surface area contributed by atoms with Crippen LogP contribution in [0.2, 0.25) is 0 Å². The first-order valence-electron chi connectivity index (χ1n) is 10.0. The standard InChI is InChI=1S/C22H24N2O8S/c1-12(25)29-19-11-33-22(21(31-14(3)27)20(19)30-13(2)26)32-16-5-6-18(24-10-16)15-7-17(28-4)9-23-8-15/h5-10,19-22H,11H2,1-4H3/t19-,20+,21-,22?/m1/s1. The van der Waals surface area contributed by atoms with E-state index in [0.717, 1.165) is 5.56 Å². The van der Waals surface area contributed by atoms with E-state index in [1.54, 1.807) is 31.6 Å². The number of methoxy groups -OCH3 is 1. The van der Waals surface area contributed by atoms with Crippen molar-refractivity contribution in [2.75, 3.05) is 12.9 Å². The molecule has 3 rings (SSSR count).